The minimum atomic E-state index is -1.61. The van der Waals surface area contributed by atoms with Crippen LogP contribution in [0.1, 0.15) is 400 Å². The number of carbonyl (C=O) groups excluding carboxylic acids is 2. The topological polar surface area (TPSA) is 175 Å². The fourth-order valence-corrected chi connectivity index (χ4v) is 12.8. The maximum absolute atomic E-state index is 13.5. The molecule has 8 unspecified atom stereocenters. The molecule has 1 amide bonds. The summed E-state index contributed by atoms with van der Waals surface area (Å²) in [5.41, 5.74) is 0. The summed E-state index contributed by atoms with van der Waals surface area (Å²) in [7, 11) is 0. The van der Waals surface area contributed by atoms with E-state index in [4.69, 9.17) is 14.2 Å². The Morgan fingerprint density at radius 1 is 0.429 bits per heavy atom. The summed E-state index contributed by atoms with van der Waals surface area (Å²) >= 11 is 0. The predicted molar refractivity (Wildman–Crippen MR) is 384 cm³/mol. The van der Waals surface area contributed by atoms with E-state index in [0.717, 1.165) is 64.2 Å². The molecule has 0 saturated carbocycles. The second-order valence-corrected chi connectivity index (χ2v) is 27.8. The third-order valence-electron chi connectivity index (χ3n) is 19.0. The van der Waals surface area contributed by atoms with E-state index in [1.165, 1.54) is 289 Å². The van der Waals surface area contributed by atoms with Crippen molar-refractivity contribution in [3.63, 3.8) is 0 Å². The van der Waals surface area contributed by atoms with Crippen molar-refractivity contribution in [2.24, 2.45) is 0 Å². The van der Waals surface area contributed by atoms with Crippen molar-refractivity contribution >= 4 is 11.9 Å². The lowest BCUT2D eigenvalue weighted by Crippen LogP contribution is -2.61. The van der Waals surface area contributed by atoms with Crippen molar-refractivity contribution in [3.05, 3.63) is 36.5 Å². The molecule has 91 heavy (non-hydrogen) atoms. The molecule has 0 radical (unpaired) electrons. The lowest BCUT2D eigenvalue weighted by molar-refractivity contribution is -0.305. The van der Waals surface area contributed by atoms with Crippen LogP contribution in [0.15, 0.2) is 36.5 Å². The molecule has 0 aliphatic carbocycles. The molecule has 6 N–H and O–H groups in total. The predicted octanol–water partition coefficient (Wildman–Crippen LogP) is 21.3. The van der Waals surface area contributed by atoms with Crippen LogP contribution in [0.4, 0.5) is 0 Å². The van der Waals surface area contributed by atoms with Crippen LogP contribution in [0, 0.1) is 0 Å². The van der Waals surface area contributed by atoms with Gasteiger partial charge in [-0.1, -0.05) is 372 Å². The molecule has 0 aromatic carbocycles. The molecule has 1 fully saturated rings. The number of nitrogens with one attached hydrogen (secondary N) is 1. The number of carbonyl (C=O) groups is 2. The zero-order valence-electron chi connectivity index (χ0n) is 60.0. The molecule has 0 aromatic heterocycles. The van der Waals surface area contributed by atoms with Gasteiger partial charge in [0.25, 0.3) is 0 Å². The number of aliphatic hydroxyl groups is 5. The van der Waals surface area contributed by atoms with Crippen LogP contribution >= 0.6 is 0 Å². The average Bonchev–Trinajstić information content (AvgIpc) is 1.05. The zero-order chi connectivity index (χ0) is 66.0. The Morgan fingerprint density at radius 2 is 0.758 bits per heavy atom. The molecular weight excluding hydrogens is 1130 g/mol. The second-order valence-electron chi connectivity index (χ2n) is 27.8. The fourth-order valence-electron chi connectivity index (χ4n) is 12.8. The number of unbranched alkanes of at least 4 members (excludes halogenated alkanes) is 52. The lowest BCUT2D eigenvalue weighted by Gasteiger charge is -2.41. The average molecular weight is 1290 g/mol. The Bertz CT molecular complexity index is 1620. The normalized spacial score (nSPS) is 18.1. The van der Waals surface area contributed by atoms with Crippen LogP contribution in [0.3, 0.4) is 0 Å². The summed E-state index contributed by atoms with van der Waals surface area (Å²) in [4.78, 5) is 26.8. The van der Waals surface area contributed by atoms with E-state index in [2.05, 4.69) is 50.4 Å². The molecule has 1 rings (SSSR count). The van der Waals surface area contributed by atoms with E-state index in [1.807, 2.05) is 6.08 Å². The van der Waals surface area contributed by atoms with Crippen molar-refractivity contribution in [2.45, 2.75) is 449 Å². The van der Waals surface area contributed by atoms with Crippen LogP contribution in [0.2, 0.25) is 0 Å². The number of aliphatic hydroxyl groups excluding tert-OH is 5. The quantitative estimate of drug-likeness (QED) is 0.0195. The van der Waals surface area contributed by atoms with E-state index >= 15 is 0 Å². The molecule has 8 atom stereocenters. The van der Waals surface area contributed by atoms with Crippen LogP contribution in [-0.4, -0.2) is 99.6 Å². The SMILES string of the molecule is CCCCC/C=C\C/C=C\CCCCCCCCCCCCCCC(O)C(=O)NC(COC1OC(CO)C(O)C(O)C1OC(=O)CCCCCCCCCCCCCCCCCCCCCCCCCCCCC)C(O)/C=C/CCCCCCCCCCCCC. The largest absolute Gasteiger partial charge is 0.454 e. The number of hydrogen-bond donors (Lipinski definition) is 6. The monoisotopic (exact) mass is 1290 g/mol. The van der Waals surface area contributed by atoms with Gasteiger partial charge >= 0.3 is 5.97 Å². The van der Waals surface area contributed by atoms with Crippen LogP contribution in [0.25, 0.3) is 0 Å². The highest BCUT2D eigenvalue weighted by molar-refractivity contribution is 5.80. The smallest absolute Gasteiger partial charge is 0.306 e. The van der Waals surface area contributed by atoms with Gasteiger partial charge in [0.15, 0.2) is 12.4 Å². The Hall–Kier alpha value is -2.12. The molecule has 1 heterocycles. The van der Waals surface area contributed by atoms with Crippen molar-refractivity contribution in [1.29, 1.82) is 0 Å². The van der Waals surface area contributed by atoms with Gasteiger partial charge < -0.3 is 45.1 Å². The molecule has 0 spiro atoms. The Balaban J connectivity index is 2.50. The molecule has 536 valence electrons. The summed E-state index contributed by atoms with van der Waals surface area (Å²) in [5.74, 6) is -1.17. The van der Waals surface area contributed by atoms with E-state index in [0.29, 0.717) is 19.3 Å². The third kappa shape index (κ3) is 54.7. The summed E-state index contributed by atoms with van der Waals surface area (Å²) in [6.07, 6.45) is 74.9. The number of rotatable bonds is 70. The summed E-state index contributed by atoms with van der Waals surface area (Å²) in [6, 6.07) is -1.02. The summed E-state index contributed by atoms with van der Waals surface area (Å²) in [6.45, 7) is 5.85. The molecule has 1 aliphatic rings. The standard InChI is InChI=1S/C80H151NO10/c1-4-7-10-13-16-19-22-25-27-29-31-33-35-36-37-38-39-41-43-45-47-50-53-56-59-62-65-68-75(85)91-78-77(87)76(86)74(69-82)90-80(78)89-70-71(72(83)66-63-60-57-54-51-48-24-21-18-15-12-9-6-3)81-79(88)73(84)67-64-61-58-55-52-49-46-44-42-40-34-32-30-28-26-23-20-17-14-11-8-5-2/h17,20,26,28,63,66,71-74,76-78,80,82-84,86-87H,4-16,18-19,21-25,27,29-62,64-65,67-70H2,1-3H3,(H,81,88)/b20-17-,28-26-,66-63+. The molecular formula is C80H151NO10. The molecule has 0 bridgehead atoms. The minimum Gasteiger partial charge on any atom is -0.454 e. The zero-order valence-corrected chi connectivity index (χ0v) is 60.0. The molecule has 11 nitrogen and oxygen atoms in total. The number of hydrogen-bond acceptors (Lipinski definition) is 10. The third-order valence-corrected chi connectivity index (χ3v) is 19.0. The van der Waals surface area contributed by atoms with E-state index in [1.54, 1.807) is 6.08 Å². The Kier molecular flexibility index (Phi) is 64.8. The highest BCUT2D eigenvalue weighted by Crippen LogP contribution is 2.27. The van der Waals surface area contributed by atoms with Gasteiger partial charge in [-0.2, -0.15) is 0 Å². The molecule has 1 aliphatic heterocycles. The Labute approximate surface area is 562 Å². The summed E-state index contributed by atoms with van der Waals surface area (Å²) < 4.78 is 17.8. The van der Waals surface area contributed by atoms with Crippen molar-refractivity contribution in [1.82, 2.24) is 5.32 Å². The number of amides is 1. The van der Waals surface area contributed by atoms with Gasteiger partial charge in [-0.15, -0.1) is 0 Å². The van der Waals surface area contributed by atoms with Gasteiger partial charge in [-0.3, -0.25) is 9.59 Å². The first-order valence-corrected chi connectivity index (χ1v) is 39.8. The van der Waals surface area contributed by atoms with Gasteiger partial charge in [-0.25, -0.2) is 0 Å². The molecule has 0 aromatic rings. The van der Waals surface area contributed by atoms with Crippen LogP contribution in [0.5, 0.6) is 0 Å². The van der Waals surface area contributed by atoms with Crippen LogP contribution in [-0.2, 0) is 23.8 Å². The number of esters is 1. The minimum absolute atomic E-state index is 0.130. The van der Waals surface area contributed by atoms with Gasteiger partial charge in [-0.05, 0) is 57.8 Å². The molecule has 11 heteroatoms. The van der Waals surface area contributed by atoms with E-state index in [9.17, 15) is 35.1 Å². The summed E-state index contributed by atoms with van der Waals surface area (Å²) in [5, 5.41) is 57.4. The Morgan fingerprint density at radius 3 is 1.14 bits per heavy atom. The highest BCUT2D eigenvalue weighted by Gasteiger charge is 2.47. The van der Waals surface area contributed by atoms with Gasteiger partial charge in [0.2, 0.25) is 5.91 Å². The van der Waals surface area contributed by atoms with Crippen molar-refractivity contribution in [2.75, 3.05) is 13.2 Å². The van der Waals surface area contributed by atoms with Crippen molar-refractivity contribution < 1.29 is 49.3 Å². The number of ether oxygens (including phenoxy) is 3. The first-order valence-electron chi connectivity index (χ1n) is 39.8. The maximum atomic E-state index is 13.5. The first kappa shape index (κ1) is 86.9. The molecule has 1 saturated heterocycles. The van der Waals surface area contributed by atoms with Crippen LogP contribution < -0.4 is 5.32 Å². The second kappa shape index (κ2) is 67.8. The highest BCUT2D eigenvalue weighted by atomic mass is 16.7. The number of allylic oxidation sites excluding steroid dienone is 5. The van der Waals surface area contributed by atoms with Gasteiger partial charge in [0, 0.05) is 6.42 Å². The lowest BCUT2D eigenvalue weighted by atomic mass is 9.99. The van der Waals surface area contributed by atoms with E-state index in [-0.39, 0.29) is 13.0 Å². The van der Waals surface area contributed by atoms with Gasteiger partial charge in [0.05, 0.1) is 25.4 Å². The first-order chi connectivity index (χ1) is 44.7. The van der Waals surface area contributed by atoms with Gasteiger partial charge in [0.1, 0.15) is 24.4 Å². The fraction of sp³-hybridized carbons (Fsp3) is 0.900. The van der Waals surface area contributed by atoms with E-state index < -0.39 is 67.4 Å². The maximum Gasteiger partial charge on any atom is 0.306 e. The van der Waals surface area contributed by atoms with Crippen molar-refractivity contribution in [3.8, 4) is 0 Å².